The number of ketones is 1. The standard InChI is InChI=1S/C26H25N3O/c1-17-22-14-13-21-23(18-9-5-3-6-10-18)29(20-11-7-4-8-12-20)28-25(21)26(22,2)15-19(16-27)24(17)30/h3-9,11-12,15,17-18,22H,10,13-14H2,1-2H3/t17-,18?,22-,26-/m1/s1. The van der Waals surface area contributed by atoms with Crippen molar-refractivity contribution in [1.82, 2.24) is 9.78 Å². The second-order valence-electron chi connectivity index (χ2n) is 8.87. The van der Waals surface area contributed by atoms with Crippen molar-refractivity contribution in [2.24, 2.45) is 11.8 Å². The SMILES string of the molecule is C[C@H]1C(=O)C(C#N)=C[C@@]2(C)c3nn(-c4ccccc4)c(C4C=CC=CC4)c3CC[C@H]12. The molecule has 2 aromatic rings. The summed E-state index contributed by atoms with van der Waals surface area (Å²) in [6.45, 7) is 4.14. The van der Waals surface area contributed by atoms with E-state index >= 15 is 0 Å². The largest absolute Gasteiger partial charge is 0.293 e. The molecule has 3 aliphatic carbocycles. The fourth-order valence-electron chi connectivity index (χ4n) is 5.68. The lowest BCUT2D eigenvalue weighted by Gasteiger charge is -2.44. The molecule has 1 unspecified atom stereocenters. The van der Waals surface area contributed by atoms with Crippen LogP contribution in [0.4, 0.5) is 0 Å². The number of carbonyl (C=O) groups excluding carboxylic acids is 1. The molecule has 4 atom stereocenters. The molecule has 0 N–H and O–H groups in total. The first kappa shape index (κ1) is 18.8. The van der Waals surface area contributed by atoms with Gasteiger partial charge >= 0.3 is 0 Å². The highest BCUT2D eigenvalue weighted by atomic mass is 16.1. The predicted molar refractivity (Wildman–Crippen MR) is 116 cm³/mol. The maximum absolute atomic E-state index is 12.7. The van der Waals surface area contributed by atoms with Crippen LogP contribution in [0.3, 0.4) is 0 Å². The Morgan fingerprint density at radius 2 is 2.03 bits per heavy atom. The topological polar surface area (TPSA) is 58.7 Å². The number of aromatic nitrogens is 2. The van der Waals surface area contributed by atoms with Crippen molar-refractivity contribution in [3.05, 3.63) is 83.2 Å². The van der Waals surface area contributed by atoms with E-state index in [1.54, 1.807) is 0 Å². The minimum atomic E-state index is -0.408. The highest BCUT2D eigenvalue weighted by Crippen LogP contribution is 2.51. The van der Waals surface area contributed by atoms with Gasteiger partial charge in [0.2, 0.25) is 0 Å². The summed E-state index contributed by atoms with van der Waals surface area (Å²) in [5.41, 5.74) is 4.49. The predicted octanol–water partition coefficient (Wildman–Crippen LogP) is 4.96. The summed E-state index contributed by atoms with van der Waals surface area (Å²) in [4.78, 5) is 12.7. The monoisotopic (exact) mass is 395 g/mol. The molecule has 5 rings (SSSR count). The minimum absolute atomic E-state index is 0.0218. The third-order valence-electron chi connectivity index (χ3n) is 7.19. The van der Waals surface area contributed by atoms with Crippen LogP contribution in [0.5, 0.6) is 0 Å². The minimum Gasteiger partial charge on any atom is -0.293 e. The highest BCUT2D eigenvalue weighted by molar-refractivity contribution is 6.02. The van der Waals surface area contributed by atoms with Crippen LogP contribution in [-0.2, 0) is 16.6 Å². The quantitative estimate of drug-likeness (QED) is 0.722. The molecule has 0 spiro atoms. The van der Waals surface area contributed by atoms with Gasteiger partial charge in [0, 0.05) is 17.3 Å². The fourth-order valence-corrected chi connectivity index (χ4v) is 5.68. The van der Waals surface area contributed by atoms with Gasteiger partial charge in [-0.25, -0.2) is 4.68 Å². The molecular formula is C26H25N3O. The van der Waals surface area contributed by atoms with Crippen LogP contribution in [0.1, 0.15) is 49.6 Å². The van der Waals surface area contributed by atoms with Crippen LogP contribution in [0.2, 0.25) is 0 Å². The second kappa shape index (κ2) is 6.95. The molecule has 0 saturated carbocycles. The zero-order valence-corrected chi connectivity index (χ0v) is 17.4. The molecule has 4 nitrogen and oxygen atoms in total. The fraction of sp³-hybridized carbons (Fsp3) is 0.346. The van der Waals surface area contributed by atoms with Crippen LogP contribution >= 0.6 is 0 Å². The summed E-state index contributed by atoms with van der Waals surface area (Å²) in [5.74, 6) is 0.258. The summed E-state index contributed by atoms with van der Waals surface area (Å²) >= 11 is 0. The van der Waals surface area contributed by atoms with E-state index in [2.05, 4.69) is 54.1 Å². The van der Waals surface area contributed by atoms with Crippen LogP contribution in [0.25, 0.3) is 5.69 Å². The van der Waals surface area contributed by atoms with Gasteiger partial charge in [0.1, 0.15) is 6.07 Å². The Balaban J connectivity index is 1.75. The summed E-state index contributed by atoms with van der Waals surface area (Å²) in [5, 5.41) is 14.8. The molecule has 0 radical (unpaired) electrons. The number of carbonyl (C=O) groups is 1. The number of Topliss-reactive ketones (excluding diaryl/α,β-unsaturated/α-hetero) is 1. The van der Waals surface area contributed by atoms with Gasteiger partial charge in [0.05, 0.1) is 22.6 Å². The van der Waals surface area contributed by atoms with Gasteiger partial charge in [-0.3, -0.25) is 4.79 Å². The van der Waals surface area contributed by atoms with Crippen molar-refractivity contribution in [1.29, 1.82) is 5.26 Å². The van der Waals surface area contributed by atoms with E-state index in [9.17, 15) is 10.1 Å². The van der Waals surface area contributed by atoms with Gasteiger partial charge in [-0.15, -0.1) is 0 Å². The number of rotatable bonds is 2. The maximum atomic E-state index is 12.7. The average molecular weight is 396 g/mol. The van der Waals surface area contributed by atoms with Crippen molar-refractivity contribution < 1.29 is 4.79 Å². The zero-order chi connectivity index (χ0) is 20.9. The molecule has 30 heavy (non-hydrogen) atoms. The molecule has 150 valence electrons. The summed E-state index contributed by atoms with van der Waals surface area (Å²) in [6.07, 6.45) is 13.4. The van der Waals surface area contributed by atoms with E-state index in [0.717, 1.165) is 30.6 Å². The Morgan fingerprint density at radius 3 is 2.73 bits per heavy atom. The van der Waals surface area contributed by atoms with Gasteiger partial charge in [-0.05, 0) is 42.9 Å². The highest BCUT2D eigenvalue weighted by Gasteiger charge is 2.50. The molecule has 0 saturated heterocycles. The molecule has 4 heteroatoms. The summed E-state index contributed by atoms with van der Waals surface area (Å²) in [6, 6.07) is 12.4. The van der Waals surface area contributed by atoms with E-state index in [-0.39, 0.29) is 29.1 Å². The van der Waals surface area contributed by atoms with E-state index in [4.69, 9.17) is 5.10 Å². The average Bonchev–Trinajstić information content (AvgIpc) is 3.18. The van der Waals surface area contributed by atoms with Gasteiger partial charge in [0.15, 0.2) is 5.78 Å². The van der Waals surface area contributed by atoms with E-state index in [1.165, 1.54) is 11.3 Å². The molecule has 1 aromatic carbocycles. The number of hydrogen-bond donors (Lipinski definition) is 0. The summed E-state index contributed by atoms with van der Waals surface area (Å²) in [7, 11) is 0. The van der Waals surface area contributed by atoms with Gasteiger partial charge in [-0.1, -0.05) is 62.4 Å². The number of nitrogens with zero attached hydrogens (tertiary/aromatic N) is 3. The van der Waals surface area contributed by atoms with Crippen molar-refractivity contribution in [3.8, 4) is 11.8 Å². The first-order valence-electron chi connectivity index (χ1n) is 10.7. The van der Waals surface area contributed by atoms with E-state index < -0.39 is 5.41 Å². The van der Waals surface area contributed by atoms with Crippen molar-refractivity contribution >= 4 is 5.78 Å². The van der Waals surface area contributed by atoms with Crippen LogP contribution in [0, 0.1) is 23.2 Å². The lowest BCUT2D eigenvalue weighted by Crippen LogP contribution is -2.45. The van der Waals surface area contributed by atoms with E-state index in [0.29, 0.717) is 0 Å². The Kier molecular flexibility index (Phi) is 4.36. The van der Waals surface area contributed by atoms with Crippen molar-refractivity contribution in [2.75, 3.05) is 0 Å². The molecule has 0 amide bonds. The van der Waals surface area contributed by atoms with Gasteiger partial charge in [-0.2, -0.15) is 10.4 Å². The van der Waals surface area contributed by atoms with Gasteiger partial charge < -0.3 is 0 Å². The Hall–Kier alpha value is -3.19. The zero-order valence-electron chi connectivity index (χ0n) is 17.4. The number of fused-ring (bicyclic) bond motifs is 3. The first-order chi connectivity index (χ1) is 14.5. The molecular weight excluding hydrogens is 370 g/mol. The first-order valence-corrected chi connectivity index (χ1v) is 10.7. The second-order valence-corrected chi connectivity index (χ2v) is 8.87. The molecule has 0 bridgehead atoms. The third kappa shape index (κ3) is 2.65. The number of allylic oxidation sites excluding steroid dienone is 6. The third-order valence-corrected chi connectivity index (χ3v) is 7.19. The Bertz CT molecular complexity index is 1140. The lowest BCUT2D eigenvalue weighted by molar-refractivity contribution is -0.121. The smallest absolute Gasteiger partial charge is 0.176 e. The van der Waals surface area contributed by atoms with Crippen molar-refractivity contribution in [3.63, 3.8) is 0 Å². The summed E-state index contributed by atoms with van der Waals surface area (Å²) < 4.78 is 2.10. The molecule has 3 aliphatic rings. The van der Waals surface area contributed by atoms with Crippen LogP contribution in [0.15, 0.2) is 66.3 Å². The molecule has 1 aromatic heterocycles. The number of hydrogen-bond acceptors (Lipinski definition) is 3. The van der Waals surface area contributed by atoms with Gasteiger partial charge in [0.25, 0.3) is 0 Å². The Morgan fingerprint density at radius 1 is 1.23 bits per heavy atom. The lowest BCUT2D eigenvalue weighted by atomic mass is 9.58. The molecule has 1 heterocycles. The van der Waals surface area contributed by atoms with Crippen molar-refractivity contribution in [2.45, 2.75) is 44.4 Å². The van der Waals surface area contributed by atoms with Crippen LogP contribution in [-0.4, -0.2) is 15.6 Å². The maximum Gasteiger partial charge on any atom is 0.176 e. The number of benzene rings is 1. The normalized spacial score (nSPS) is 29.7. The molecule has 0 aliphatic heterocycles. The van der Waals surface area contributed by atoms with E-state index in [1.807, 2.05) is 31.2 Å². The molecule has 0 fully saturated rings. The number of nitriles is 1. The Labute approximate surface area is 177 Å². The van der Waals surface area contributed by atoms with Crippen LogP contribution < -0.4 is 0 Å². The number of para-hydroxylation sites is 1.